The Morgan fingerprint density at radius 2 is 1.87 bits per heavy atom. The molecule has 0 saturated heterocycles. The average Bonchev–Trinajstić information content (AvgIpc) is 3.27. The molecule has 1 N–H and O–H groups in total. The quantitative estimate of drug-likeness (QED) is 0.644. The topological polar surface area (TPSA) is 72.2 Å². The van der Waals surface area contributed by atoms with Gasteiger partial charge in [0.15, 0.2) is 0 Å². The number of nitrogens with one attached hydrogen (secondary N) is 1. The van der Waals surface area contributed by atoms with Crippen molar-refractivity contribution in [3.63, 3.8) is 0 Å². The van der Waals surface area contributed by atoms with Gasteiger partial charge in [0.2, 0.25) is 5.91 Å². The molecule has 1 saturated carbocycles. The first-order valence-electron chi connectivity index (χ1n) is 6.95. The number of nitro groups is 1. The van der Waals surface area contributed by atoms with E-state index in [2.05, 4.69) is 5.32 Å². The fourth-order valence-electron chi connectivity index (χ4n) is 2.57. The zero-order valence-corrected chi connectivity index (χ0v) is 13.3. The Bertz CT molecular complexity index is 774. The molecular weight excluding hydrogens is 339 g/mol. The Balaban J connectivity index is 1.69. The highest BCUT2D eigenvalue weighted by molar-refractivity contribution is 6.34. The molecule has 0 aliphatic heterocycles. The van der Waals surface area contributed by atoms with E-state index in [1.165, 1.54) is 18.2 Å². The van der Waals surface area contributed by atoms with Crippen molar-refractivity contribution >= 4 is 40.5 Å². The van der Waals surface area contributed by atoms with Crippen LogP contribution >= 0.6 is 23.2 Å². The second kappa shape index (κ2) is 6.18. The molecule has 0 aromatic heterocycles. The number of nitrogens with zero attached hydrogens (tertiary/aromatic N) is 1. The van der Waals surface area contributed by atoms with Gasteiger partial charge in [-0.25, -0.2) is 0 Å². The second-order valence-electron chi connectivity index (χ2n) is 5.45. The van der Waals surface area contributed by atoms with Gasteiger partial charge in [-0.1, -0.05) is 29.3 Å². The van der Waals surface area contributed by atoms with E-state index in [4.69, 9.17) is 23.2 Å². The molecule has 2 atom stereocenters. The van der Waals surface area contributed by atoms with Crippen molar-refractivity contribution in [2.24, 2.45) is 5.92 Å². The molecular formula is C16H12Cl2N2O3. The van der Waals surface area contributed by atoms with Crippen molar-refractivity contribution in [3.05, 3.63) is 68.2 Å². The summed E-state index contributed by atoms with van der Waals surface area (Å²) in [7, 11) is 0. The normalized spacial score (nSPS) is 19.2. The van der Waals surface area contributed by atoms with Gasteiger partial charge in [0.05, 0.1) is 4.92 Å². The monoisotopic (exact) mass is 350 g/mol. The second-order valence-corrected chi connectivity index (χ2v) is 6.32. The van der Waals surface area contributed by atoms with Crippen LogP contribution in [0.15, 0.2) is 42.5 Å². The minimum absolute atomic E-state index is 0.0585. The van der Waals surface area contributed by atoms with Crippen molar-refractivity contribution in [1.82, 2.24) is 0 Å². The van der Waals surface area contributed by atoms with Gasteiger partial charge in [-0.2, -0.15) is 0 Å². The highest BCUT2D eigenvalue weighted by atomic mass is 35.5. The lowest BCUT2D eigenvalue weighted by atomic mass is 10.1. The van der Waals surface area contributed by atoms with E-state index in [0.717, 1.165) is 5.56 Å². The zero-order chi connectivity index (χ0) is 16.6. The van der Waals surface area contributed by atoms with Crippen LogP contribution in [0.3, 0.4) is 0 Å². The number of anilines is 1. The van der Waals surface area contributed by atoms with Crippen LogP contribution in [0.1, 0.15) is 17.9 Å². The highest BCUT2D eigenvalue weighted by Crippen LogP contribution is 2.49. The largest absolute Gasteiger partial charge is 0.326 e. The minimum Gasteiger partial charge on any atom is -0.326 e. The molecule has 1 amide bonds. The smallest absolute Gasteiger partial charge is 0.271 e. The number of hydrogen-bond acceptors (Lipinski definition) is 3. The number of amides is 1. The fraction of sp³-hybridized carbons (Fsp3) is 0.188. The van der Waals surface area contributed by atoms with E-state index in [0.29, 0.717) is 22.2 Å². The van der Waals surface area contributed by atoms with Gasteiger partial charge in [-0.3, -0.25) is 14.9 Å². The zero-order valence-electron chi connectivity index (χ0n) is 11.8. The van der Waals surface area contributed by atoms with E-state index in [-0.39, 0.29) is 23.4 Å². The molecule has 1 aliphatic rings. The number of benzene rings is 2. The summed E-state index contributed by atoms with van der Waals surface area (Å²) in [5.74, 6) is -0.264. The first-order valence-corrected chi connectivity index (χ1v) is 7.71. The first-order chi connectivity index (χ1) is 10.9. The van der Waals surface area contributed by atoms with Crippen LogP contribution in [0.4, 0.5) is 11.4 Å². The van der Waals surface area contributed by atoms with Crippen LogP contribution in [0, 0.1) is 16.0 Å². The Morgan fingerprint density at radius 1 is 1.17 bits per heavy atom. The lowest BCUT2D eigenvalue weighted by molar-refractivity contribution is -0.384. The van der Waals surface area contributed by atoms with Gasteiger partial charge in [-0.05, 0) is 42.2 Å². The van der Waals surface area contributed by atoms with Gasteiger partial charge in [0.25, 0.3) is 5.69 Å². The summed E-state index contributed by atoms with van der Waals surface area (Å²) in [5.41, 5.74) is 1.29. The number of halogens is 2. The van der Waals surface area contributed by atoms with Crippen molar-refractivity contribution in [2.75, 3.05) is 5.32 Å². The summed E-state index contributed by atoms with van der Waals surface area (Å²) in [6.07, 6.45) is 0.706. The van der Waals surface area contributed by atoms with Gasteiger partial charge >= 0.3 is 0 Å². The van der Waals surface area contributed by atoms with Crippen LogP contribution in [0.2, 0.25) is 10.0 Å². The first kappa shape index (κ1) is 15.8. The Kier molecular flexibility index (Phi) is 4.24. The molecule has 0 spiro atoms. The van der Waals surface area contributed by atoms with Gasteiger partial charge in [-0.15, -0.1) is 0 Å². The van der Waals surface area contributed by atoms with Crippen LogP contribution in [-0.4, -0.2) is 10.8 Å². The molecule has 118 valence electrons. The molecule has 0 bridgehead atoms. The lowest BCUT2D eigenvalue weighted by Crippen LogP contribution is -2.14. The van der Waals surface area contributed by atoms with Gasteiger partial charge < -0.3 is 5.32 Å². The molecule has 0 unspecified atom stereocenters. The predicted molar refractivity (Wildman–Crippen MR) is 89.0 cm³/mol. The van der Waals surface area contributed by atoms with Crippen molar-refractivity contribution in [3.8, 4) is 0 Å². The van der Waals surface area contributed by atoms with Crippen LogP contribution < -0.4 is 5.32 Å². The SMILES string of the molecule is O=C(Nc1cccc([N+](=O)[O-])c1)[C@H]1C[C@@H]1c1cc(Cl)cc(Cl)c1. The van der Waals surface area contributed by atoms with Gasteiger partial charge in [0, 0.05) is 33.8 Å². The molecule has 0 heterocycles. The third-order valence-electron chi connectivity index (χ3n) is 3.76. The van der Waals surface area contributed by atoms with Crippen molar-refractivity contribution < 1.29 is 9.72 Å². The number of nitro benzene ring substituents is 1. The van der Waals surface area contributed by atoms with Crippen LogP contribution in [0.5, 0.6) is 0 Å². The maximum atomic E-state index is 12.3. The third kappa shape index (κ3) is 3.63. The number of hydrogen-bond donors (Lipinski definition) is 1. The average molecular weight is 351 g/mol. The molecule has 2 aromatic rings. The number of carbonyl (C=O) groups is 1. The number of rotatable bonds is 4. The van der Waals surface area contributed by atoms with Crippen molar-refractivity contribution in [2.45, 2.75) is 12.3 Å². The summed E-state index contributed by atoms with van der Waals surface area (Å²) < 4.78 is 0. The number of non-ortho nitro benzene ring substituents is 1. The third-order valence-corrected chi connectivity index (χ3v) is 4.20. The molecule has 2 aromatic carbocycles. The number of carbonyl (C=O) groups excluding carboxylic acids is 1. The minimum atomic E-state index is -0.496. The summed E-state index contributed by atoms with van der Waals surface area (Å²) in [6, 6.07) is 11.1. The summed E-state index contributed by atoms with van der Waals surface area (Å²) in [6.45, 7) is 0. The van der Waals surface area contributed by atoms with E-state index in [1.54, 1.807) is 24.3 Å². The molecule has 3 rings (SSSR count). The molecule has 1 aliphatic carbocycles. The van der Waals surface area contributed by atoms with E-state index in [1.807, 2.05) is 0 Å². The van der Waals surface area contributed by atoms with E-state index in [9.17, 15) is 14.9 Å². The maximum absolute atomic E-state index is 12.3. The summed E-state index contributed by atoms with van der Waals surface area (Å²) in [5, 5.41) is 14.6. The van der Waals surface area contributed by atoms with Crippen LogP contribution in [0.25, 0.3) is 0 Å². The van der Waals surface area contributed by atoms with Crippen molar-refractivity contribution in [1.29, 1.82) is 0 Å². The van der Waals surface area contributed by atoms with E-state index >= 15 is 0 Å². The summed E-state index contributed by atoms with van der Waals surface area (Å²) >= 11 is 12.0. The molecule has 0 radical (unpaired) electrons. The van der Waals surface area contributed by atoms with Crippen LogP contribution in [-0.2, 0) is 4.79 Å². The molecule has 5 nitrogen and oxygen atoms in total. The predicted octanol–water partition coefficient (Wildman–Crippen LogP) is 4.64. The van der Waals surface area contributed by atoms with E-state index < -0.39 is 4.92 Å². The Morgan fingerprint density at radius 3 is 2.52 bits per heavy atom. The Hall–Kier alpha value is -2.11. The fourth-order valence-corrected chi connectivity index (χ4v) is 3.12. The van der Waals surface area contributed by atoms with Gasteiger partial charge in [0.1, 0.15) is 0 Å². The lowest BCUT2D eigenvalue weighted by Gasteiger charge is -2.05. The maximum Gasteiger partial charge on any atom is 0.271 e. The standard InChI is InChI=1S/C16H12Cl2N2O3/c17-10-4-9(5-11(18)6-10)14-8-15(14)16(21)19-12-2-1-3-13(7-12)20(22)23/h1-7,14-15H,8H2,(H,19,21)/t14-,15+/m1/s1. The molecule has 1 fully saturated rings. The Labute approximate surface area is 142 Å². The molecule has 7 heteroatoms. The molecule has 23 heavy (non-hydrogen) atoms. The highest BCUT2D eigenvalue weighted by Gasteiger charge is 2.44. The summed E-state index contributed by atoms with van der Waals surface area (Å²) in [4.78, 5) is 22.5.